The van der Waals surface area contributed by atoms with Crippen LogP contribution in [0.1, 0.15) is 23.2 Å². The van der Waals surface area contributed by atoms with Gasteiger partial charge >= 0.3 is 5.97 Å². The maximum Gasteiger partial charge on any atom is 0.337 e. The number of para-hydroxylation sites is 1. The van der Waals surface area contributed by atoms with E-state index in [1.54, 1.807) is 4.90 Å². The zero-order valence-electron chi connectivity index (χ0n) is 10.3. The average Bonchev–Trinajstić information content (AvgIpc) is 2.38. The van der Waals surface area contributed by atoms with Gasteiger partial charge in [-0.25, -0.2) is 9.18 Å². The van der Waals surface area contributed by atoms with E-state index in [2.05, 4.69) is 0 Å². The number of primary amides is 1. The first-order valence-electron chi connectivity index (χ1n) is 6.06. The van der Waals surface area contributed by atoms with Gasteiger partial charge in [0.05, 0.1) is 11.3 Å². The molecule has 1 aromatic carbocycles. The molecule has 0 aliphatic carbocycles. The van der Waals surface area contributed by atoms with Gasteiger partial charge in [0.25, 0.3) is 0 Å². The molecule has 19 heavy (non-hydrogen) atoms. The molecule has 1 aromatic rings. The van der Waals surface area contributed by atoms with Crippen LogP contribution in [0.15, 0.2) is 18.2 Å². The molecule has 1 heterocycles. The van der Waals surface area contributed by atoms with E-state index in [9.17, 15) is 14.0 Å². The van der Waals surface area contributed by atoms with Crippen molar-refractivity contribution in [2.24, 2.45) is 11.7 Å². The number of hydrogen-bond donors (Lipinski definition) is 2. The number of halogens is 1. The Morgan fingerprint density at radius 2 is 1.95 bits per heavy atom. The fourth-order valence-electron chi connectivity index (χ4n) is 2.40. The summed E-state index contributed by atoms with van der Waals surface area (Å²) < 4.78 is 13.9. The molecule has 0 atom stereocenters. The van der Waals surface area contributed by atoms with Crippen LogP contribution in [-0.4, -0.2) is 30.1 Å². The molecule has 0 unspecified atom stereocenters. The molecular weight excluding hydrogens is 251 g/mol. The van der Waals surface area contributed by atoms with Crippen LogP contribution in [-0.2, 0) is 4.79 Å². The van der Waals surface area contributed by atoms with E-state index in [0.717, 1.165) is 0 Å². The number of nitrogens with two attached hydrogens (primary N) is 1. The third-order valence-electron chi connectivity index (χ3n) is 3.43. The molecule has 0 saturated carbocycles. The third-order valence-corrected chi connectivity index (χ3v) is 3.43. The highest BCUT2D eigenvalue weighted by Crippen LogP contribution is 2.29. The molecule has 0 spiro atoms. The fourth-order valence-corrected chi connectivity index (χ4v) is 2.40. The number of carboxylic acids is 1. The van der Waals surface area contributed by atoms with Crippen molar-refractivity contribution in [2.75, 3.05) is 18.0 Å². The van der Waals surface area contributed by atoms with Crippen LogP contribution in [0.4, 0.5) is 10.1 Å². The van der Waals surface area contributed by atoms with Gasteiger partial charge in [0.1, 0.15) is 5.82 Å². The van der Waals surface area contributed by atoms with Gasteiger partial charge in [-0.05, 0) is 25.0 Å². The van der Waals surface area contributed by atoms with E-state index in [-0.39, 0.29) is 23.1 Å². The molecule has 1 saturated heterocycles. The predicted molar refractivity (Wildman–Crippen MR) is 67.5 cm³/mol. The van der Waals surface area contributed by atoms with Gasteiger partial charge in [-0.1, -0.05) is 6.07 Å². The topological polar surface area (TPSA) is 83.6 Å². The number of anilines is 1. The lowest BCUT2D eigenvalue weighted by Crippen LogP contribution is -2.39. The highest BCUT2D eigenvalue weighted by atomic mass is 19.1. The van der Waals surface area contributed by atoms with Crippen molar-refractivity contribution in [3.8, 4) is 0 Å². The molecule has 1 aliphatic rings. The van der Waals surface area contributed by atoms with Crippen LogP contribution in [0, 0.1) is 11.7 Å². The van der Waals surface area contributed by atoms with Gasteiger partial charge in [0, 0.05) is 19.0 Å². The second-order valence-electron chi connectivity index (χ2n) is 4.60. The Morgan fingerprint density at radius 3 is 2.47 bits per heavy atom. The molecule has 1 fully saturated rings. The molecule has 0 radical (unpaired) electrons. The molecular formula is C13H15FN2O3. The van der Waals surface area contributed by atoms with Crippen LogP contribution >= 0.6 is 0 Å². The summed E-state index contributed by atoms with van der Waals surface area (Å²) in [7, 11) is 0. The van der Waals surface area contributed by atoms with Gasteiger partial charge in [0.2, 0.25) is 5.91 Å². The van der Waals surface area contributed by atoms with Gasteiger partial charge in [-0.3, -0.25) is 4.79 Å². The van der Waals surface area contributed by atoms with E-state index >= 15 is 0 Å². The molecule has 3 N–H and O–H groups in total. The number of aromatic carboxylic acids is 1. The van der Waals surface area contributed by atoms with Crippen molar-refractivity contribution in [3.63, 3.8) is 0 Å². The van der Waals surface area contributed by atoms with E-state index in [1.165, 1.54) is 18.2 Å². The van der Waals surface area contributed by atoms with Gasteiger partial charge < -0.3 is 15.7 Å². The lowest BCUT2D eigenvalue weighted by Gasteiger charge is -2.33. The molecule has 1 aliphatic heterocycles. The van der Waals surface area contributed by atoms with Crippen molar-refractivity contribution in [1.29, 1.82) is 0 Å². The number of nitrogens with zero attached hydrogens (tertiary/aromatic N) is 1. The third kappa shape index (κ3) is 2.67. The second-order valence-corrected chi connectivity index (χ2v) is 4.60. The predicted octanol–water partition coefficient (Wildman–Crippen LogP) is 1.23. The van der Waals surface area contributed by atoms with Crippen LogP contribution in [0.5, 0.6) is 0 Å². The quantitative estimate of drug-likeness (QED) is 0.861. The Balaban J connectivity index is 2.24. The highest BCUT2D eigenvalue weighted by molar-refractivity contribution is 5.94. The Labute approximate surface area is 109 Å². The summed E-state index contributed by atoms with van der Waals surface area (Å²) in [6.45, 7) is 0.851. The minimum Gasteiger partial charge on any atom is -0.478 e. The smallest absolute Gasteiger partial charge is 0.337 e. The zero-order valence-corrected chi connectivity index (χ0v) is 10.3. The Bertz CT molecular complexity index is 511. The molecule has 0 bridgehead atoms. The van der Waals surface area contributed by atoms with Gasteiger partial charge in [-0.2, -0.15) is 0 Å². The first-order valence-corrected chi connectivity index (χ1v) is 6.06. The summed E-state index contributed by atoms with van der Waals surface area (Å²) >= 11 is 0. The van der Waals surface area contributed by atoms with Crippen LogP contribution in [0.25, 0.3) is 0 Å². The summed E-state index contributed by atoms with van der Waals surface area (Å²) in [4.78, 5) is 23.9. The van der Waals surface area contributed by atoms with E-state index in [0.29, 0.717) is 25.9 Å². The molecule has 0 aromatic heterocycles. The highest BCUT2D eigenvalue weighted by Gasteiger charge is 2.27. The average molecular weight is 266 g/mol. The van der Waals surface area contributed by atoms with Gasteiger partial charge in [-0.15, -0.1) is 0 Å². The molecule has 1 amide bonds. The SMILES string of the molecule is NC(=O)C1CCN(c2c(F)cccc2C(=O)O)CC1. The van der Waals surface area contributed by atoms with Crippen molar-refractivity contribution >= 4 is 17.6 Å². The second kappa shape index (κ2) is 5.26. The normalized spacial score (nSPS) is 16.4. The molecule has 102 valence electrons. The summed E-state index contributed by atoms with van der Waals surface area (Å²) in [5.74, 6) is -2.29. The monoisotopic (exact) mass is 266 g/mol. The summed E-state index contributed by atoms with van der Waals surface area (Å²) in [5, 5.41) is 9.09. The first kappa shape index (κ1) is 13.3. The molecule has 2 rings (SSSR count). The summed E-state index contributed by atoms with van der Waals surface area (Å²) in [6.07, 6.45) is 1.03. The number of carbonyl (C=O) groups is 2. The maximum atomic E-state index is 13.9. The standard InChI is InChI=1S/C13H15FN2O3/c14-10-3-1-2-9(13(18)19)11(10)16-6-4-8(5-7-16)12(15)17/h1-3,8H,4-7H2,(H2,15,17)(H,18,19). The number of piperidine rings is 1. The minimum absolute atomic E-state index is 0.0578. The molecule has 5 nitrogen and oxygen atoms in total. The maximum absolute atomic E-state index is 13.9. The molecule has 6 heteroatoms. The number of rotatable bonds is 3. The van der Waals surface area contributed by atoms with Crippen molar-refractivity contribution in [3.05, 3.63) is 29.6 Å². The largest absolute Gasteiger partial charge is 0.478 e. The zero-order chi connectivity index (χ0) is 14.0. The number of benzene rings is 1. The number of carboxylic acid groups (broad SMARTS) is 1. The van der Waals surface area contributed by atoms with E-state index in [1.807, 2.05) is 0 Å². The van der Waals surface area contributed by atoms with E-state index < -0.39 is 11.8 Å². The van der Waals surface area contributed by atoms with Crippen molar-refractivity contribution < 1.29 is 19.1 Å². The van der Waals surface area contributed by atoms with Crippen molar-refractivity contribution in [2.45, 2.75) is 12.8 Å². The lowest BCUT2D eigenvalue weighted by atomic mass is 9.95. The number of amides is 1. The number of carbonyl (C=O) groups excluding carboxylic acids is 1. The van der Waals surface area contributed by atoms with Crippen LogP contribution in [0.2, 0.25) is 0 Å². The van der Waals surface area contributed by atoms with Gasteiger partial charge in [0.15, 0.2) is 0 Å². The first-order chi connectivity index (χ1) is 9.00. The minimum atomic E-state index is -1.16. The van der Waals surface area contributed by atoms with Crippen LogP contribution < -0.4 is 10.6 Å². The Hall–Kier alpha value is -2.11. The Morgan fingerprint density at radius 1 is 1.32 bits per heavy atom. The van der Waals surface area contributed by atoms with Crippen LogP contribution in [0.3, 0.4) is 0 Å². The van der Waals surface area contributed by atoms with Crippen molar-refractivity contribution in [1.82, 2.24) is 0 Å². The lowest BCUT2D eigenvalue weighted by molar-refractivity contribution is -0.122. The summed E-state index contributed by atoms with van der Waals surface area (Å²) in [6, 6.07) is 3.99. The fraction of sp³-hybridized carbons (Fsp3) is 0.385. The number of hydrogen-bond acceptors (Lipinski definition) is 3. The summed E-state index contributed by atoms with van der Waals surface area (Å²) in [5.41, 5.74) is 5.27. The Kier molecular flexibility index (Phi) is 3.69. The van der Waals surface area contributed by atoms with E-state index in [4.69, 9.17) is 10.8 Å².